The highest BCUT2D eigenvalue weighted by Crippen LogP contribution is 2.24. The summed E-state index contributed by atoms with van der Waals surface area (Å²) in [5.74, 6) is 1.29. The van der Waals surface area contributed by atoms with Gasteiger partial charge in [-0.3, -0.25) is 4.79 Å². The average Bonchev–Trinajstić information content (AvgIpc) is 3.09. The Hall–Kier alpha value is -2.70. The molecular formula is C15H15N5O2. The molecule has 7 nitrogen and oxygen atoms in total. The molecule has 1 N–H and O–H groups in total. The molecule has 3 aromatic heterocycles. The lowest BCUT2D eigenvalue weighted by molar-refractivity contribution is 0.101. The van der Waals surface area contributed by atoms with Gasteiger partial charge in [0.05, 0.1) is 11.9 Å². The lowest BCUT2D eigenvalue weighted by Gasteiger charge is -2.09. The van der Waals surface area contributed by atoms with Gasteiger partial charge in [-0.2, -0.15) is 5.10 Å². The molecule has 7 heteroatoms. The second-order valence-electron chi connectivity index (χ2n) is 5.47. The summed E-state index contributed by atoms with van der Waals surface area (Å²) in [5, 5.41) is 11.0. The molecule has 1 aliphatic rings. The van der Waals surface area contributed by atoms with Crippen LogP contribution in [0.3, 0.4) is 0 Å². The van der Waals surface area contributed by atoms with Crippen LogP contribution in [-0.4, -0.2) is 25.7 Å². The van der Waals surface area contributed by atoms with E-state index in [2.05, 4.69) is 20.6 Å². The largest absolute Gasteiger partial charge is 0.360 e. The second kappa shape index (κ2) is 4.94. The smallest absolute Gasteiger partial charge is 0.278 e. The number of pyridine rings is 1. The van der Waals surface area contributed by atoms with E-state index < -0.39 is 0 Å². The topological polar surface area (TPSA) is 85.3 Å². The summed E-state index contributed by atoms with van der Waals surface area (Å²) in [7, 11) is 0. The van der Waals surface area contributed by atoms with Gasteiger partial charge in [-0.05, 0) is 38.3 Å². The standard InChI is InChI=1S/C15H15N5O2/c1-9-16-13-7-6-10(8-20(13)18-9)17-15(21)14-11-4-2-3-5-12(11)22-19-14/h6-8H,2-5H2,1H3,(H,17,21). The summed E-state index contributed by atoms with van der Waals surface area (Å²) < 4.78 is 6.92. The molecule has 0 radical (unpaired) electrons. The summed E-state index contributed by atoms with van der Waals surface area (Å²) in [6.45, 7) is 1.83. The first-order valence-electron chi connectivity index (χ1n) is 7.32. The van der Waals surface area contributed by atoms with E-state index in [1.54, 1.807) is 16.8 Å². The first kappa shape index (κ1) is 13.0. The van der Waals surface area contributed by atoms with Crippen LogP contribution in [0.1, 0.15) is 40.5 Å². The van der Waals surface area contributed by atoms with Crippen LogP contribution in [0.4, 0.5) is 5.69 Å². The molecule has 0 atom stereocenters. The zero-order chi connectivity index (χ0) is 15.1. The van der Waals surface area contributed by atoms with Crippen molar-refractivity contribution in [1.82, 2.24) is 19.8 Å². The third-order valence-electron chi connectivity index (χ3n) is 3.86. The van der Waals surface area contributed by atoms with E-state index in [-0.39, 0.29) is 5.91 Å². The number of hydrogen-bond acceptors (Lipinski definition) is 5. The molecule has 0 bridgehead atoms. The van der Waals surface area contributed by atoms with Crippen molar-refractivity contribution >= 4 is 17.2 Å². The SMILES string of the molecule is Cc1nc2ccc(NC(=O)c3noc4c3CCCC4)cn2n1. The quantitative estimate of drug-likeness (QED) is 0.783. The number of rotatable bonds is 2. The van der Waals surface area contributed by atoms with E-state index >= 15 is 0 Å². The van der Waals surface area contributed by atoms with E-state index in [0.717, 1.165) is 42.7 Å². The van der Waals surface area contributed by atoms with Crippen LogP contribution in [0.25, 0.3) is 5.65 Å². The Morgan fingerprint density at radius 2 is 2.18 bits per heavy atom. The number of amides is 1. The zero-order valence-electron chi connectivity index (χ0n) is 12.2. The highest BCUT2D eigenvalue weighted by molar-refractivity contribution is 6.03. The van der Waals surface area contributed by atoms with Crippen molar-refractivity contribution < 1.29 is 9.32 Å². The van der Waals surface area contributed by atoms with Crippen molar-refractivity contribution in [2.24, 2.45) is 0 Å². The summed E-state index contributed by atoms with van der Waals surface area (Å²) in [6.07, 6.45) is 5.60. The van der Waals surface area contributed by atoms with Crippen molar-refractivity contribution in [3.63, 3.8) is 0 Å². The molecule has 1 aliphatic carbocycles. The van der Waals surface area contributed by atoms with Gasteiger partial charge in [0.2, 0.25) is 0 Å². The number of carbonyl (C=O) groups is 1. The molecule has 0 unspecified atom stereocenters. The Morgan fingerprint density at radius 1 is 1.32 bits per heavy atom. The van der Waals surface area contributed by atoms with Crippen molar-refractivity contribution in [3.8, 4) is 0 Å². The number of nitrogens with zero attached hydrogens (tertiary/aromatic N) is 4. The number of anilines is 1. The molecule has 112 valence electrons. The first-order valence-corrected chi connectivity index (χ1v) is 7.32. The number of carbonyl (C=O) groups excluding carboxylic acids is 1. The van der Waals surface area contributed by atoms with Crippen LogP contribution >= 0.6 is 0 Å². The van der Waals surface area contributed by atoms with Gasteiger partial charge in [0.25, 0.3) is 5.91 Å². The Kier molecular flexibility index (Phi) is 2.92. The Balaban J connectivity index is 1.61. The number of nitrogens with one attached hydrogen (secondary N) is 1. The van der Waals surface area contributed by atoms with Crippen LogP contribution in [0.5, 0.6) is 0 Å². The van der Waals surface area contributed by atoms with Crippen LogP contribution in [0, 0.1) is 6.92 Å². The predicted octanol–water partition coefficient (Wildman–Crippen LogP) is 2.16. The molecule has 0 saturated heterocycles. The highest BCUT2D eigenvalue weighted by atomic mass is 16.5. The van der Waals surface area contributed by atoms with Crippen LogP contribution in [0.15, 0.2) is 22.9 Å². The molecule has 3 heterocycles. The van der Waals surface area contributed by atoms with Gasteiger partial charge in [-0.15, -0.1) is 0 Å². The van der Waals surface area contributed by atoms with Crippen molar-refractivity contribution in [1.29, 1.82) is 0 Å². The maximum absolute atomic E-state index is 12.4. The maximum Gasteiger partial charge on any atom is 0.278 e. The van der Waals surface area contributed by atoms with Gasteiger partial charge >= 0.3 is 0 Å². The first-order chi connectivity index (χ1) is 10.7. The number of aryl methyl sites for hydroxylation is 2. The van der Waals surface area contributed by atoms with Gasteiger partial charge in [-0.25, -0.2) is 9.50 Å². The summed E-state index contributed by atoms with van der Waals surface area (Å²) in [5.41, 5.74) is 2.73. The fourth-order valence-corrected chi connectivity index (χ4v) is 2.82. The van der Waals surface area contributed by atoms with Gasteiger partial charge in [-0.1, -0.05) is 5.16 Å². The summed E-state index contributed by atoms with van der Waals surface area (Å²) in [6, 6.07) is 3.61. The van der Waals surface area contributed by atoms with Crippen LogP contribution in [0.2, 0.25) is 0 Å². The second-order valence-corrected chi connectivity index (χ2v) is 5.47. The van der Waals surface area contributed by atoms with E-state index in [9.17, 15) is 4.79 Å². The third kappa shape index (κ3) is 2.14. The van der Waals surface area contributed by atoms with E-state index in [1.165, 1.54) is 0 Å². The number of fused-ring (bicyclic) bond motifs is 2. The zero-order valence-corrected chi connectivity index (χ0v) is 12.2. The van der Waals surface area contributed by atoms with Crippen LogP contribution < -0.4 is 5.32 Å². The lowest BCUT2D eigenvalue weighted by atomic mass is 9.96. The summed E-state index contributed by atoms with van der Waals surface area (Å²) >= 11 is 0. The minimum atomic E-state index is -0.247. The monoisotopic (exact) mass is 297 g/mol. The van der Waals surface area contributed by atoms with Crippen molar-refractivity contribution in [2.75, 3.05) is 5.32 Å². The normalized spacial score (nSPS) is 14.0. The molecular weight excluding hydrogens is 282 g/mol. The lowest BCUT2D eigenvalue weighted by Crippen LogP contribution is -2.16. The van der Waals surface area contributed by atoms with Gasteiger partial charge < -0.3 is 9.84 Å². The van der Waals surface area contributed by atoms with Gasteiger partial charge in [0.1, 0.15) is 11.6 Å². The maximum atomic E-state index is 12.4. The van der Waals surface area contributed by atoms with E-state index in [4.69, 9.17) is 4.52 Å². The predicted molar refractivity (Wildman–Crippen MR) is 78.8 cm³/mol. The molecule has 0 aromatic carbocycles. The highest BCUT2D eigenvalue weighted by Gasteiger charge is 2.24. The van der Waals surface area contributed by atoms with Crippen molar-refractivity contribution in [3.05, 3.63) is 41.2 Å². The molecule has 3 aromatic rings. The van der Waals surface area contributed by atoms with Crippen molar-refractivity contribution in [2.45, 2.75) is 32.6 Å². The fraction of sp³-hybridized carbons (Fsp3) is 0.333. The molecule has 0 spiro atoms. The van der Waals surface area contributed by atoms with E-state index in [0.29, 0.717) is 17.2 Å². The Labute approximate surface area is 126 Å². The number of hydrogen-bond donors (Lipinski definition) is 1. The van der Waals surface area contributed by atoms with E-state index in [1.807, 2.05) is 13.0 Å². The van der Waals surface area contributed by atoms with Gasteiger partial charge in [0, 0.05) is 12.0 Å². The molecule has 0 saturated carbocycles. The average molecular weight is 297 g/mol. The molecule has 0 aliphatic heterocycles. The Morgan fingerprint density at radius 3 is 3.09 bits per heavy atom. The molecule has 4 rings (SSSR count). The third-order valence-corrected chi connectivity index (χ3v) is 3.86. The summed E-state index contributed by atoms with van der Waals surface area (Å²) in [4.78, 5) is 16.7. The molecule has 22 heavy (non-hydrogen) atoms. The Bertz CT molecular complexity index is 864. The number of aromatic nitrogens is 4. The van der Waals surface area contributed by atoms with Crippen LogP contribution in [-0.2, 0) is 12.8 Å². The minimum Gasteiger partial charge on any atom is -0.360 e. The molecule has 0 fully saturated rings. The molecule has 1 amide bonds. The van der Waals surface area contributed by atoms with Gasteiger partial charge in [0.15, 0.2) is 11.3 Å². The minimum absolute atomic E-state index is 0.247. The fourth-order valence-electron chi connectivity index (χ4n) is 2.82.